The van der Waals surface area contributed by atoms with Gasteiger partial charge in [0.2, 0.25) is 0 Å². The van der Waals surface area contributed by atoms with Crippen molar-refractivity contribution in [1.82, 2.24) is 14.7 Å². The number of carbonyl (C=O) groups is 2. The van der Waals surface area contributed by atoms with Crippen molar-refractivity contribution in [3.8, 4) is 0 Å². The van der Waals surface area contributed by atoms with Crippen molar-refractivity contribution in [2.24, 2.45) is 7.05 Å². The van der Waals surface area contributed by atoms with E-state index in [-0.39, 0.29) is 18.5 Å². The number of rotatable bonds is 5. The largest absolute Gasteiger partial charge is 0.465 e. The van der Waals surface area contributed by atoms with E-state index in [0.29, 0.717) is 23.7 Å². The monoisotopic (exact) mass is 280 g/mol. The Morgan fingerprint density at radius 2 is 2.15 bits per heavy atom. The third kappa shape index (κ3) is 2.76. The lowest BCUT2D eigenvalue weighted by atomic mass is 10.2. The summed E-state index contributed by atoms with van der Waals surface area (Å²) in [5, 5.41) is 4.14. The van der Waals surface area contributed by atoms with Crippen molar-refractivity contribution in [2.45, 2.75) is 32.7 Å². The van der Waals surface area contributed by atoms with Crippen LogP contribution in [0.5, 0.6) is 0 Å². The minimum absolute atomic E-state index is 0.0407. The van der Waals surface area contributed by atoms with Gasteiger partial charge in [0.15, 0.2) is 0 Å². The Labute approximate surface area is 117 Å². The number of hydrogen-bond acceptors (Lipinski definition) is 5. The summed E-state index contributed by atoms with van der Waals surface area (Å²) in [6.45, 7) is 3.75. The Balaban J connectivity index is 2.21. The number of ether oxygens (including phenoxy) is 1. The van der Waals surface area contributed by atoms with E-state index in [2.05, 4.69) is 5.10 Å². The first-order chi connectivity index (χ1) is 9.45. The SMILES string of the molecule is CCOC(=O)CN(C(=O)c1c(N)c(C)nn1C)C1CC1. The van der Waals surface area contributed by atoms with E-state index >= 15 is 0 Å². The van der Waals surface area contributed by atoms with E-state index in [1.54, 1.807) is 20.9 Å². The number of amides is 1. The van der Waals surface area contributed by atoms with Crippen molar-refractivity contribution >= 4 is 17.6 Å². The maximum Gasteiger partial charge on any atom is 0.325 e. The third-order valence-corrected chi connectivity index (χ3v) is 3.32. The second kappa shape index (κ2) is 5.52. The van der Waals surface area contributed by atoms with E-state index < -0.39 is 5.97 Å². The van der Waals surface area contributed by atoms with Crippen molar-refractivity contribution in [3.63, 3.8) is 0 Å². The van der Waals surface area contributed by atoms with Gasteiger partial charge in [-0.1, -0.05) is 0 Å². The highest BCUT2D eigenvalue weighted by Gasteiger charge is 2.36. The molecule has 7 heteroatoms. The summed E-state index contributed by atoms with van der Waals surface area (Å²) < 4.78 is 6.38. The topological polar surface area (TPSA) is 90.4 Å². The Kier molecular flexibility index (Phi) is 3.96. The summed E-state index contributed by atoms with van der Waals surface area (Å²) in [6.07, 6.45) is 1.81. The number of esters is 1. The van der Waals surface area contributed by atoms with E-state index in [0.717, 1.165) is 12.8 Å². The molecule has 20 heavy (non-hydrogen) atoms. The molecule has 0 spiro atoms. The molecule has 1 aliphatic carbocycles. The van der Waals surface area contributed by atoms with Gasteiger partial charge in [0.05, 0.1) is 18.0 Å². The summed E-state index contributed by atoms with van der Waals surface area (Å²) in [5.41, 5.74) is 7.22. The van der Waals surface area contributed by atoms with Gasteiger partial charge in [-0.05, 0) is 26.7 Å². The van der Waals surface area contributed by atoms with Crippen molar-refractivity contribution in [2.75, 3.05) is 18.9 Å². The number of carbonyl (C=O) groups excluding carboxylic acids is 2. The molecule has 1 saturated carbocycles. The first kappa shape index (κ1) is 14.4. The molecule has 0 aromatic carbocycles. The van der Waals surface area contributed by atoms with Crippen LogP contribution in [-0.4, -0.2) is 45.8 Å². The van der Waals surface area contributed by atoms with Crippen LogP contribution in [0.2, 0.25) is 0 Å². The fourth-order valence-corrected chi connectivity index (χ4v) is 2.16. The number of aromatic nitrogens is 2. The van der Waals surface area contributed by atoms with Crippen LogP contribution >= 0.6 is 0 Å². The molecule has 0 aliphatic heterocycles. The normalized spacial score (nSPS) is 14.2. The number of nitrogen functional groups attached to an aromatic ring is 1. The number of aryl methyl sites for hydroxylation is 2. The summed E-state index contributed by atoms with van der Waals surface area (Å²) in [4.78, 5) is 25.8. The van der Waals surface area contributed by atoms with Crippen LogP contribution in [0.15, 0.2) is 0 Å². The zero-order chi connectivity index (χ0) is 14.9. The number of nitrogens with zero attached hydrogens (tertiary/aromatic N) is 3. The molecule has 1 aliphatic rings. The van der Waals surface area contributed by atoms with Crippen LogP contribution in [0, 0.1) is 6.92 Å². The fraction of sp³-hybridized carbons (Fsp3) is 0.615. The molecule has 2 rings (SSSR count). The Hall–Kier alpha value is -2.05. The van der Waals surface area contributed by atoms with Gasteiger partial charge in [-0.3, -0.25) is 14.3 Å². The highest BCUT2D eigenvalue weighted by atomic mass is 16.5. The predicted molar refractivity (Wildman–Crippen MR) is 73.0 cm³/mol. The van der Waals surface area contributed by atoms with Crippen LogP contribution in [0.4, 0.5) is 5.69 Å². The molecular weight excluding hydrogens is 260 g/mol. The summed E-state index contributed by atoms with van der Waals surface area (Å²) in [5.74, 6) is -0.661. The lowest BCUT2D eigenvalue weighted by Crippen LogP contribution is -2.39. The second-order valence-corrected chi connectivity index (χ2v) is 4.94. The molecule has 1 fully saturated rings. The zero-order valence-corrected chi connectivity index (χ0v) is 12.0. The van der Waals surface area contributed by atoms with Gasteiger partial charge < -0.3 is 15.4 Å². The molecule has 0 unspecified atom stereocenters. The minimum atomic E-state index is -0.398. The maximum atomic E-state index is 12.6. The van der Waals surface area contributed by atoms with Gasteiger partial charge in [-0.2, -0.15) is 5.10 Å². The quantitative estimate of drug-likeness (QED) is 0.792. The van der Waals surface area contributed by atoms with Gasteiger partial charge in [-0.25, -0.2) is 0 Å². The zero-order valence-electron chi connectivity index (χ0n) is 12.0. The lowest BCUT2D eigenvalue weighted by molar-refractivity contribution is -0.144. The highest BCUT2D eigenvalue weighted by Crippen LogP contribution is 2.29. The average molecular weight is 280 g/mol. The molecule has 0 atom stereocenters. The highest BCUT2D eigenvalue weighted by molar-refractivity contribution is 5.99. The molecule has 0 saturated heterocycles. The molecule has 1 amide bonds. The summed E-state index contributed by atoms with van der Waals surface area (Å²) >= 11 is 0. The smallest absolute Gasteiger partial charge is 0.325 e. The predicted octanol–water partition coefficient (Wildman–Crippen LogP) is 0.478. The second-order valence-electron chi connectivity index (χ2n) is 4.94. The Morgan fingerprint density at radius 3 is 2.60 bits per heavy atom. The van der Waals surface area contributed by atoms with Crippen LogP contribution in [-0.2, 0) is 16.6 Å². The van der Waals surface area contributed by atoms with Crippen molar-refractivity contribution < 1.29 is 14.3 Å². The Bertz CT molecular complexity index is 534. The van der Waals surface area contributed by atoms with Crippen LogP contribution in [0.1, 0.15) is 35.9 Å². The van der Waals surface area contributed by atoms with Gasteiger partial charge in [0.25, 0.3) is 5.91 Å². The molecule has 7 nitrogen and oxygen atoms in total. The molecule has 2 N–H and O–H groups in total. The molecule has 1 aromatic rings. The third-order valence-electron chi connectivity index (χ3n) is 3.32. The van der Waals surface area contributed by atoms with E-state index in [4.69, 9.17) is 10.5 Å². The first-order valence-corrected chi connectivity index (χ1v) is 6.71. The van der Waals surface area contributed by atoms with Gasteiger partial charge in [0.1, 0.15) is 12.2 Å². The number of nitrogens with two attached hydrogens (primary N) is 1. The molecule has 1 aromatic heterocycles. The van der Waals surface area contributed by atoms with Gasteiger partial charge in [-0.15, -0.1) is 0 Å². The fourth-order valence-electron chi connectivity index (χ4n) is 2.16. The summed E-state index contributed by atoms with van der Waals surface area (Å²) in [7, 11) is 1.67. The van der Waals surface area contributed by atoms with Gasteiger partial charge >= 0.3 is 5.97 Å². The Morgan fingerprint density at radius 1 is 1.50 bits per heavy atom. The van der Waals surface area contributed by atoms with Crippen LogP contribution < -0.4 is 5.73 Å². The molecule has 110 valence electrons. The number of hydrogen-bond donors (Lipinski definition) is 1. The van der Waals surface area contributed by atoms with E-state index in [1.807, 2.05) is 0 Å². The average Bonchev–Trinajstić information content (AvgIpc) is 3.16. The number of anilines is 1. The molecular formula is C13H20N4O3. The van der Waals surface area contributed by atoms with E-state index in [9.17, 15) is 9.59 Å². The van der Waals surface area contributed by atoms with Crippen LogP contribution in [0.25, 0.3) is 0 Å². The van der Waals surface area contributed by atoms with Crippen LogP contribution in [0.3, 0.4) is 0 Å². The maximum absolute atomic E-state index is 12.6. The van der Waals surface area contributed by atoms with Gasteiger partial charge in [0, 0.05) is 13.1 Å². The molecule has 0 bridgehead atoms. The minimum Gasteiger partial charge on any atom is -0.465 e. The first-order valence-electron chi connectivity index (χ1n) is 6.71. The summed E-state index contributed by atoms with van der Waals surface area (Å²) in [6, 6.07) is 0.0986. The lowest BCUT2D eigenvalue weighted by Gasteiger charge is -2.21. The molecule has 0 radical (unpaired) electrons. The molecule has 1 heterocycles. The van der Waals surface area contributed by atoms with Crippen molar-refractivity contribution in [1.29, 1.82) is 0 Å². The van der Waals surface area contributed by atoms with E-state index in [1.165, 1.54) is 9.58 Å². The standard InChI is InChI=1S/C13H20N4O3/c1-4-20-10(18)7-17(9-5-6-9)13(19)12-11(14)8(2)15-16(12)3/h9H,4-7,14H2,1-3H3. The van der Waals surface area contributed by atoms with Crippen molar-refractivity contribution in [3.05, 3.63) is 11.4 Å².